The zero-order valence-corrected chi connectivity index (χ0v) is 12.2. The Bertz CT molecular complexity index is 573. The molecule has 2 nitrogen and oxygen atoms in total. The number of nitrogens with one attached hydrogen (secondary N) is 1. The van der Waals surface area contributed by atoms with Crippen molar-refractivity contribution in [2.24, 2.45) is 0 Å². The van der Waals surface area contributed by atoms with Crippen LogP contribution in [0, 0.1) is 0 Å². The third-order valence-electron chi connectivity index (χ3n) is 2.86. The molecular weight excluding hydrogens is 297 g/mol. The molecule has 0 radical (unpaired) electrons. The number of pyridine rings is 1. The zero-order valence-electron chi connectivity index (χ0n) is 11.4. The fraction of sp³-hybridized carbons (Fsp3) is 0.267. The van der Waals surface area contributed by atoms with E-state index in [-0.39, 0.29) is 6.04 Å². The highest BCUT2D eigenvalue weighted by Gasteiger charge is 2.27. The number of rotatable bonds is 5. The smallest absolute Gasteiger partial charge is 0.378 e. The van der Waals surface area contributed by atoms with Crippen LogP contribution in [-0.2, 0) is 0 Å². The molecule has 1 aromatic heterocycles. The lowest BCUT2D eigenvalue weighted by atomic mass is 10.1. The number of hydrogen-bond donors (Lipinski definition) is 1. The van der Waals surface area contributed by atoms with Crippen molar-refractivity contribution in [3.63, 3.8) is 0 Å². The summed E-state index contributed by atoms with van der Waals surface area (Å²) in [5, 5.41) is 3.25. The highest BCUT2D eigenvalue weighted by molar-refractivity contribution is 7.99. The molecule has 0 saturated heterocycles. The molecule has 0 bridgehead atoms. The maximum atomic E-state index is 12.4. The molecule has 0 aliphatic heterocycles. The summed E-state index contributed by atoms with van der Waals surface area (Å²) >= 11 is 0.791. The van der Waals surface area contributed by atoms with Gasteiger partial charge in [0.25, 0.3) is 0 Å². The lowest BCUT2D eigenvalue weighted by Crippen LogP contribution is -2.11. The van der Waals surface area contributed by atoms with Gasteiger partial charge in [0.15, 0.2) is 0 Å². The molecule has 2 rings (SSSR count). The van der Waals surface area contributed by atoms with E-state index in [2.05, 4.69) is 10.3 Å². The van der Waals surface area contributed by atoms with Crippen LogP contribution in [0.5, 0.6) is 0 Å². The average molecular weight is 312 g/mol. The molecule has 21 heavy (non-hydrogen) atoms. The van der Waals surface area contributed by atoms with Crippen molar-refractivity contribution < 1.29 is 13.2 Å². The minimum atomic E-state index is -4.17. The Kier molecular flexibility index (Phi) is 5.12. The molecule has 1 aromatic carbocycles. The largest absolute Gasteiger partial charge is 0.398 e. The van der Waals surface area contributed by atoms with Crippen molar-refractivity contribution >= 4 is 17.4 Å². The molecule has 1 unspecified atom stereocenters. The number of aromatic nitrogens is 1. The summed E-state index contributed by atoms with van der Waals surface area (Å²) in [4.78, 5) is 4.55. The lowest BCUT2D eigenvalue weighted by Gasteiger charge is -2.18. The van der Waals surface area contributed by atoms with Gasteiger partial charge in [0.2, 0.25) is 0 Å². The van der Waals surface area contributed by atoms with Gasteiger partial charge in [-0.15, -0.1) is 11.8 Å². The Labute approximate surface area is 125 Å². The second-order valence-corrected chi connectivity index (χ2v) is 5.56. The van der Waals surface area contributed by atoms with Crippen LogP contribution in [0.3, 0.4) is 0 Å². The van der Waals surface area contributed by atoms with Crippen molar-refractivity contribution in [2.45, 2.75) is 24.0 Å². The Morgan fingerprint density at radius 2 is 1.81 bits per heavy atom. The number of para-hydroxylation sites is 1. The summed E-state index contributed by atoms with van der Waals surface area (Å²) in [6, 6.07) is 10.8. The Balaban J connectivity index is 2.09. The van der Waals surface area contributed by atoms with Crippen molar-refractivity contribution in [1.29, 1.82) is 0 Å². The lowest BCUT2D eigenvalue weighted by molar-refractivity contribution is -0.105. The van der Waals surface area contributed by atoms with Gasteiger partial charge in [0, 0.05) is 29.0 Å². The van der Waals surface area contributed by atoms with Gasteiger partial charge in [0.1, 0.15) is 0 Å². The number of thioether (sulfide) groups is 1. The summed E-state index contributed by atoms with van der Waals surface area (Å²) in [5.74, 6) is -0.894. The number of hydrogen-bond acceptors (Lipinski definition) is 3. The fourth-order valence-corrected chi connectivity index (χ4v) is 2.62. The molecule has 0 aliphatic rings. The summed E-state index contributed by atoms with van der Waals surface area (Å²) in [7, 11) is 0. The number of anilines is 1. The fourth-order valence-electron chi connectivity index (χ4n) is 1.84. The van der Waals surface area contributed by atoms with Crippen molar-refractivity contribution in [1.82, 2.24) is 4.98 Å². The van der Waals surface area contributed by atoms with E-state index in [1.54, 1.807) is 36.7 Å². The summed E-state index contributed by atoms with van der Waals surface area (Å²) < 4.78 is 37.1. The summed E-state index contributed by atoms with van der Waals surface area (Å²) in [6.45, 7) is 1.96. The first-order valence-corrected chi connectivity index (χ1v) is 7.39. The third-order valence-corrected chi connectivity index (χ3v) is 4.00. The van der Waals surface area contributed by atoms with E-state index in [9.17, 15) is 13.2 Å². The highest BCUT2D eigenvalue weighted by atomic mass is 32.2. The minimum Gasteiger partial charge on any atom is -0.378 e. The predicted octanol–water partition coefficient (Wildman–Crippen LogP) is 4.91. The average Bonchev–Trinajstić information content (AvgIpc) is 2.46. The van der Waals surface area contributed by atoms with E-state index in [0.29, 0.717) is 10.6 Å². The first-order valence-electron chi connectivity index (χ1n) is 6.41. The Morgan fingerprint density at radius 1 is 1.14 bits per heavy atom. The van der Waals surface area contributed by atoms with Gasteiger partial charge in [0.05, 0.1) is 5.75 Å². The first-order chi connectivity index (χ1) is 9.96. The van der Waals surface area contributed by atoms with Gasteiger partial charge in [-0.1, -0.05) is 12.1 Å². The third kappa shape index (κ3) is 4.97. The van der Waals surface area contributed by atoms with Gasteiger partial charge in [-0.25, -0.2) is 0 Å². The normalized spacial score (nSPS) is 13.0. The molecule has 1 N–H and O–H groups in total. The van der Waals surface area contributed by atoms with Gasteiger partial charge < -0.3 is 5.32 Å². The van der Waals surface area contributed by atoms with Crippen LogP contribution in [0.2, 0.25) is 0 Å². The van der Waals surface area contributed by atoms with Crippen LogP contribution >= 0.6 is 11.8 Å². The van der Waals surface area contributed by atoms with Crippen LogP contribution in [0.1, 0.15) is 18.5 Å². The van der Waals surface area contributed by atoms with E-state index in [0.717, 1.165) is 17.3 Å². The van der Waals surface area contributed by atoms with Crippen LogP contribution in [0.4, 0.5) is 18.9 Å². The highest BCUT2D eigenvalue weighted by Crippen LogP contribution is 2.33. The van der Waals surface area contributed by atoms with E-state index in [1.807, 2.05) is 19.1 Å². The zero-order chi connectivity index (χ0) is 15.3. The SMILES string of the molecule is CC(Nc1ccccc1SCC(F)(F)F)c1ccncc1. The number of alkyl halides is 3. The maximum Gasteiger partial charge on any atom is 0.398 e. The second kappa shape index (κ2) is 6.85. The van der Waals surface area contributed by atoms with Crippen molar-refractivity contribution in [3.05, 3.63) is 54.4 Å². The van der Waals surface area contributed by atoms with Crippen molar-refractivity contribution in [3.8, 4) is 0 Å². The molecule has 2 aromatic rings. The molecule has 0 saturated carbocycles. The topological polar surface area (TPSA) is 24.9 Å². The van der Waals surface area contributed by atoms with Crippen LogP contribution in [-0.4, -0.2) is 16.9 Å². The summed E-state index contributed by atoms with van der Waals surface area (Å²) in [5.41, 5.74) is 1.73. The Hall–Kier alpha value is -1.69. The number of nitrogens with zero attached hydrogens (tertiary/aromatic N) is 1. The number of benzene rings is 1. The first kappa shape index (κ1) is 15.7. The van der Waals surface area contributed by atoms with Crippen LogP contribution in [0.25, 0.3) is 0 Å². The van der Waals surface area contributed by atoms with E-state index >= 15 is 0 Å². The molecule has 0 spiro atoms. The second-order valence-electron chi connectivity index (χ2n) is 4.55. The van der Waals surface area contributed by atoms with E-state index in [1.165, 1.54) is 0 Å². The number of halogens is 3. The van der Waals surface area contributed by atoms with Crippen molar-refractivity contribution in [2.75, 3.05) is 11.1 Å². The van der Waals surface area contributed by atoms with Gasteiger partial charge in [-0.2, -0.15) is 13.2 Å². The molecular formula is C15H15F3N2S. The molecule has 0 aliphatic carbocycles. The van der Waals surface area contributed by atoms with Crippen LogP contribution in [0.15, 0.2) is 53.7 Å². The quantitative estimate of drug-likeness (QED) is 0.794. The Morgan fingerprint density at radius 3 is 2.48 bits per heavy atom. The van der Waals surface area contributed by atoms with E-state index in [4.69, 9.17) is 0 Å². The maximum absolute atomic E-state index is 12.4. The predicted molar refractivity (Wildman–Crippen MR) is 79.5 cm³/mol. The molecule has 1 heterocycles. The molecule has 112 valence electrons. The van der Waals surface area contributed by atoms with Crippen LogP contribution < -0.4 is 5.32 Å². The standard InChI is InChI=1S/C15H15F3N2S/c1-11(12-6-8-19-9-7-12)20-13-4-2-3-5-14(13)21-10-15(16,17)18/h2-9,11,20H,10H2,1H3. The van der Waals surface area contributed by atoms with Gasteiger partial charge in [-0.3, -0.25) is 4.98 Å². The van der Waals surface area contributed by atoms with E-state index < -0.39 is 11.9 Å². The van der Waals surface area contributed by atoms with Gasteiger partial charge >= 0.3 is 6.18 Å². The molecule has 0 amide bonds. The molecule has 1 atom stereocenters. The minimum absolute atomic E-state index is 0.0133. The molecule has 0 fully saturated rings. The van der Waals surface area contributed by atoms with Gasteiger partial charge in [-0.05, 0) is 36.8 Å². The summed E-state index contributed by atoms with van der Waals surface area (Å²) in [6.07, 6.45) is -0.788. The monoisotopic (exact) mass is 312 g/mol. The molecule has 6 heteroatoms.